The molecule has 8 nitrogen and oxygen atoms in total. The summed E-state index contributed by atoms with van der Waals surface area (Å²) in [7, 11) is 0. The number of hydrogen-bond acceptors (Lipinski definition) is 6. The van der Waals surface area contributed by atoms with Crippen LogP contribution in [0.15, 0.2) is 29.2 Å². The lowest BCUT2D eigenvalue weighted by atomic mass is 9.95. The number of hydrogen-bond donors (Lipinski definition) is 2. The van der Waals surface area contributed by atoms with E-state index in [9.17, 15) is 19.2 Å². The second-order valence-electron chi connectivity index (χ2n) is 8.42. The summed E-state index contributed by atoms with van der Waals surface area (Å²) in [5, 5.41) is 5.85. The van der Waals surface area contributed by atoms with Gasteiger partial charge in [-0.25, -0.2) is 0 Å². The number of halogens is 1. The minimum absolute atomic E-state index is 0.00980. The molecule has 2 aliphatic heterocycles. The molecule has 0 aromatic heterocycles. The highest BCUT2D eigenvalue weighted by molar-refractivity contribution is 8.18. The van der Waals surface area contributed by atoms with Gasteiger partial charge in [0.25, 0.3) is 11.1 Å². The SMILES string of the molecule is CC(C)NC(=O)C1CCN(CC(=O)NCCN2C(=O)S/C(=C\c3ccccc3Cl)C2=O)CC1. The van der Waals surface area contributed by atoms with Crippen molar-refractivity contribution in [3.63, 3.8) is 0 Å². The predicted octanol–water partition coefficient (Wildman–Crippen LogP) is 2.73. The molecule has 10 heteroatoms. The zero-order chi connectivity index (χ0) is 24.0. The number of thioether (sulfide) groups is 1. The Bertz CT molecular complexity index is 944. The van der Waals surface area contributed by atoms with E-state index in [0.29, 0.717) is 28.6 Å². The molecule has 0 bridgehead atoms. The lowest BCUT2D eigenvalue weighted by Crippen LogP contribution is -2.46. The van der Waals surface area contributed by atoms with Crippen LogP contribution in [-0.4, -0.2) is 71.5 Å². The van der Waals surface area contributed by atoms with Crippen molar-refractivity contribution in [2.45, 2.75) is 32.7 Å². The van der Waals surface area contributed by atoms with Gasteiger partial charge in [0.05, 0.1) is 11.4 Å². The van der Waals surface area contributed by atoms with Crippen LogP contribution in [-0.2, 0) is 14.4 Å². The highest BCUT2D eigenvalue weighted by atomic mass is 35.5. The number of amides is 4. The van der Waals surface area contributed by atoms with Crippen molar-refractivity contribution in [3.8, 4) is 0 Å². The second-order valence-corrected chi connectivity index (χ2v) is 9.82. The van der Waals surface area contributed by atoms with Crippen LogP contribution in [0.4, 0.5) is 4.79 Å². The first-order valence-electron chi connectivity index (χ1n) is 11.0. The molecule has 2 fully saturated rings. The molecule has 0 spiro atoms. The molecule has 178 valence electrons. The molecule has 2 saturated heterocycles. The molecule has 0 atom stereocenters. The molecule has 2 heterocycles. The van der Waals surface area contributed by atoms with Gasteiger partial charge in [-0.05, 0) is 69.2 Å². The summed E-state index contributed by atoms with van der Waals surface area (Å²) in [6, 6.07) is 7.21. The largest absolute Gasteiger partial charge is 0.354 e. The number of piperidine rings is 1. The standard InChI is InChI=1S/C23H29ClN4O4S/c1-15(2)26-21(30)16-7-10-27(11-8-16)14-20(29)25-9-12-28-22(31)19(33-23(28)32)13-17-5-3-4-6-18(17)24/h3-6,13,15-16H,7-12,14H2,1-2H3,(H,25,29)(H,26,30)/b19-13-. The van der Waals surface area contributed by atoms with Gasteiger partial charge in [0.1, 0.15) is 0 Å². The van der Waals surface area contributed by atoms with Crippen molar-refractivity contribution in [1.29, 1.82) is 0 Å². The molecule has 0 aliphatic carbocycles. The summed E-state index contributed by atoms with van der Waals surface area (Å²) in [4.78, 5) is 52.7. The van der Waals surface area contributed by atoms with Crippen LogP contribution < -0.4 is 10.6 Å². The van der Waals surface area contributed by atoms with Gasteiger partial charge in [0.2, 0.25) is 11.8 Å². The van der Waals surface area contributed by atoms with Crippen molar-refractivity contribution in [2.75, 3.05) is 32.7 Å². The zero-order valence-electron chi connectivity index (χ0n) is 18.8. The topological polar surface area (TPSA) is 98.8 Å². The Kier molecular flexibility index (Phi) is 8.94. The van der Waals surface area contributed by atoms with E-state index in [1.807, 2.05) is 18.7 Å². The second kappa shape index (κ2) is 11.7. The fraction of sp³-hybridized carbons (Fsp3) is 0.478. The van der Waals surface area contributed by atoms with Crippen molar-refractivity contribution in [2.24, 2.45) is 5.92 Å². The fourth-order valence-corrected chi connectivity index (χ4v) is 4.79. The molecule has 2 aliphatic rings. The highest BCUT2D eigenvalue weighted by Crippen LogP contribution is 2.33. The molecule has 0 saturated carbocycles. The number of benzene rings is 1. The Morgan fingerprint density at radius 3 is 2.58 bits per heavy atom. The van der Waals surface area contributed by atoms with Gasteiger partial charge in [-0.1, -0.05) is 29.8 Å². The smallest absolute Gasteiger partial charge is 0.293 e. The van der Waals surface area contributed by atoms with Crippen LogP contribution in [0.5, 0.6) is 0 Å². The Morgan fingerprint density at radius 1 is 1.21 bits per heavy atom. The number of nitrogens with zero attached hydrogens (tertiary/aromatic N) is 2. The molecule has 0 radical (unpaired) electrons. The maximum absolute atomic E-state index is 12.6. The van der Waals surface area contributed by atoms with Gasteiger partial charge in [-0.15, -0.1) is 0 Å². The van der Waals surface area contributed by atoms with E-state index in [1.165, 1.54) is 0 Å². The minimum Gasteiger partial charge on any atom is -0.354 e. The molecule has 3 rings (SSSR count). The summed E-state index contributed by atoms with van der Waals surface area (Å²) < 4.78 is 0. The number of carbonyl (C=O) groups is 4. The summed E-state index contributed by atoms with van der Waals surface area (Å²) in [6.07, 6.45) is 3.05. The lowest BCUT2D eigenvalue weighted by molar-refractivity contribution is -0.127. The van der Waals surface area contributed by atoms with E-state index in [-0.39, 0.29) is 54.6 Å². The van der Waals surface area contributed by atoms with Crippen LogP contribution in [0.25, 0.3) is 6.08 Å². The lowest BCUT2D eigenvalue weighted by Gasteiger charge is -2.31. The van der Waals surface area contributed by atoms with Crippen LogP contribution in [0.3, 0.4) is 0 Å². The molecule has 1 aromatic carbocycles. The van der Waals surface area contributed by atoms with Gasteiger partial charge in [-0.2, -0.15) is 0 Å². The summed E-state index contributed by atoms with van der Waals surface area (Å²) in [6.45, 7) is 5.76. The third kappa shape index (κ3) is 7.06. The molecule has 2 N–H and O–H groups in total. The normalized spacial score (nSPS) is 18.9. The van der Waals surface area contributed by atoms with Crippen molar-refractivity contribution < 1.29 is 19.2 Å². The maximum atomic E-state index is 12.6. The number of carbonyl (C=O) groups excluding carboxylic acids is 4. The molecular formula is C23H29ClN4O4S. The van der Waals surface area contributed by atoms with E-state index < -0.39 is 0 Å². The zero-order valence-corrected chi connectivity index (χ0v) is 20.4. The van der Waals surface area contributed by atoms with Crippen LogP contribution in [0, 0.1) is 5.92 Å². The average Bonchev–Trinajstić information content (AvgIpc) is 3.02. The third-order valence-corrected chi connectivity index (χ3v) is 6.73. The number of imide groups is 1. The average molecular weight is 493 g/mol. The first-order chi connectivity index (χ1) is 15.7. The molecule has 1 aromatic rings. The summed E-state index contributed by atoms with van der Waals surface area (Å²) in [5.74, 6) is -0.487. The van der Waals surface area contributed by atoms with Crippen molar-refractivity contribution >= 4 is 52.4 Å². The van der Waals surface area contributed by atoms with Crippen LogP contribution in [0.2, 0.25) is 5.02 Å². The van der Waals surface area contributed by atoms with E-state index in [1.54, 1.807) is 30.3 Å². The summed E-state index contributed by atoms with van der Waals surface area (Å²) >= 11 is 6.99. The fourth-order valence-electron chi connectivity index (χ4n) is 3.75. The first kappa shape index (κ1) is 25.3. The monoisotopic (exact) mass is 492 g/mol. The maximum Gasteiger partial charge on any atom is 0.293 e. The number of rotatable bonds is 8. The van der Waals surface area contributed by atoms with Crippen molar-refractivity contribution in [3.05, 3.63) is 39.8 Å². The third-order valence-electron chi connectivity index (χ3n) is 5.48. The molecular weight excluding hydrogens is 464 g/mol. The Morgan fingerprint density at radius 2 is 1.91 bits per heavy atom. The van der Waals surface area contributed by atoms with Gasteiger partial charge in [0, 0.05) is 30.1 Å². The van der Waals surface area contributed by atoms with E-state index in [0.717, 1.165) is 29.5 Å². The molecule has 0 unspecified atom stereocenters. The Balaban J connectivity index is 1.41. The summed E-state index contributed by atoms with van der Waals surface area (Å²) in [5.41, 5.74) is 0.670. The Labute approximate surface area is 203 Å². The van der Waals surface area contributed by atoms with Gasteiger partial charge < -0.3 is 10.6 Å². The minimum atomic E-state index is -0.388. The van der Waals surface area contributed by atoms with E-state index >= 15 is 0 Å². The van der Waals surface area contributed by atoms with Gasteiger partial charge in [-0.3, -0.25) is 29.0 Å². The van der Waals surface area contributed by atoms with Crippen LogP contribution >= 0.6 is 23.4 Å². The van der Waals surface area contributed by atoms with Crippen LogP contribution in [0.1, 0.15) is 32.3 Å². The first-order valence-corrected chi connectivity index (χ1v) is 12.2. The number of nitrogens with one attached hydrogen (secondary N) is 2. The van der Waals surface area contributed by atoms with Crippen molar-refractivity contribution in [1.82, 2.24) is 20.4 Å². The molecule has 4 amide bonds. The van der Waals surface area contributed by atoms with Gasteiger partial charge in [0.15, 0.2) is 0 Å². The quantitative estimate of drug-likeness (QED) is 0.541. The highest BCUT2D eigenvalue weighted by Gasteiger charge is 2.35. The van der Waals surface area contributed by atoms with Gasteiger partial charge >= 0.3 is 0 Å². The van der Waals surface area contributed by atoms with E-state index in [2.05, 4.69) is 10.6 Å². The predicted molar refractivity (Wildman–Crippen MR) is 130 cm³/mol. The number of likely N-dealkylation sites (tertiary alicyclic amines) is 1. The molecule has 33 heavy (non-hydrogen) atoms. The van der Waals surface area contributed by atoms with E-state index in [4.69, 9.17) is 11.6 Å². The Hall–Kier alpha value is -2.36.